The molecule has 3 heterocycles. The van der Waals surface area contributed by atoms with Crippen LogP contribution in [-0.2, 0) is 5.60 Å². The van der Waals surface area contributed by atoms with Gasteiger partial charge in [0, 0.05) is 22.7 Å². The summed E-state index contributed by atoms with van der Waals surface area (Å²) in [5.74, 6) is -0.546. The van der Waals surface area contributed by atoms with Gasteiger partial charge in [-0.15, -0.1) is 22.7 Å². The van der Waals surface area contributed by atoms with Crippen molar-refractivity contribution in [1.29, 1.82) is 0 Å². The van der Waals surface area contributed by atoms with Crippen LogP contribution in [0.3, 0.4) is 0 Å². The summed E-state index contributed by atoms with van der Waals surface area (Å²) >= 11 is 2.72. The third-order valence-corrected chi connectivity index (χ3v) is 5.13. The van der Waals surface area contributed by atoms with Crippen molar-refractivity contribution in [2.75, 3.05) is 6.54 Å². The lowest BCUT2D eigenvalue weighted by atomic mass is 10.1. The summed E-state index contributed by atoms with van der Waals surface area (Å²) in [6, 6.07) is 3.63. The van der Waals surface area contributed by atoms with E-state index in [9.17, 15) is 14.7 Å². The standard InChI is InChI=1S/C14H13N3O3S2/c1-14(20,10-3-2-5-21-10)8-16-11(18)9-7-15-13-17(12(9)19)4-6-22-13/h2-7,20H,8H2,1H3,(H,16,18). The zero-order valence-electron chi connectivity index (χ0n) is 11.6. The molecule has 8 heteroatoms. The zero-order chi connectivity index (χ0) is 15.7. The topological polar surface area (TPSA) is 83.7 Å². The summed E-state index contributed by atoms with van der Waals surface area (Å²) in [5.41, 5.74) is -1.64. The summed E-state index contributed by atoms with van der Waals surface area (Å²) in [7, 11) is 0. The highest BCUT2D eigenvalue weighted by Crippen LogP contribution is 2.24. The Hall–Kier alpha value is -2.03. The van der Waals surface area contributed by atoms with Gasteiger partial charge < -0.3 is 10.4 Å². The van der Waals surface area contributed by atoms with E-state index < -0.39 is 17.1 Å². The zero-order valence-corrected chi connectivity index (χ0v) is 13.3. The minimum atomic E-state index is -1.18. The Labute approximate surface area is 133 Å². The average Bonchev–Trinajstić information content (AvgIpc) is 3.16. The summed E-state index contributed by atoms with van der Waals surface area (Å²) < 4.78 is 1.33. The molecule has 0 aliphatic heterocycles. The molecule has 3 aromatic heterocycles. The number of hydrogen-bond acceptors (Lipinski definition) is 6. The highest BCUT2D eigenvalue weighted by molar-refractivity contribution is 7.15. The Morgan fingerprint density at radius 2 is 2.27 bits per heavy atom. The Kier molecular flexibility index (Phi) is 3.81. The van der Waals surface area contributed by atoms with Gasteiger partial charge in [-0.3, -0.25) is 14.0 Å². The lowest BCUT2D eigenvalue weighted by Crippen LogP contribution is -2.40. The molecule has 0 fully saturated rings. The van der Waals surface area contributed by atoms with Crippen molar-refractivity contribution in [1.82, 2.24) is 14.7 Å². The molecule has 22 heavy (non-hydrogen) atoms. The number of fused-ring (bicyclic) bond motifs is 1. The van der Waals surface area contributed by atoms with Gasteiger partial charge in [-0.2, -0.15) is 0 Å². The van der Waals surface area contributed by atoms with Crippen molar-refractivity contribution in [3.8, 4) is 0 Å². The van der Waals surface area contributed by atoms with Gasteiger partial charge >= 0.3 is 0 Å². The number of carbonyl (C=O) groups is 1. The molecule has 6 nitrogen and oxygen atoms in total. The summed E-state index contributed by atoms with van der Waals surface area (Å²) in [6.07, 6.45) is 2.84. The Morgan fingerprint density at radius 1 is 1.45 bits per heavy atom. The largest absolute Gasteiger partial charge is 0.383 e. The van der Waals surface area contributed by atoms with Gasteiger partial charge in [0.1, 0.15) is 11.2 Å². The number of nitrogens with zero attached hydrogens (tertiary/aromatic N) is 2. The SMILES string of the molecule is CC(O)(CNC(=O)c1cnc2sccn2c1=O)c1cccs1. The molecule has 0 aliphatic rings. The van der Waals surface area contributed by atoms with Gasteiger partial charge in [0.25, 0.3) is 11.5 Å². The fourth-order valence-electron chi connectivity index (χ4n) is 2.00. The average molecular weight is 335 g/mol. The Balaban J connectivity index is 1.79. The van der Waals surface area contributed by atoms with Crippen LogP contribution in [0.4, 0.5) is 0 Å². The maximum atomic E-state index is 12.2. The first-order valence-electron chi connectivity index (χ1n) is 6.48. The van der Waals surface area contributed by atoms with Crippen LogP contribution in [0, 0.1) is 0 Å². The van der Waals surface area contributed by atoms with Gasteiger partial charge in [-0.1, -0.05) is 6.07 Å². The van der Waals surface area contributed by atoms with Gasteiger partial charge in [-0.05, 0) is 18.4 Å². The number of hydrogen-bond donors (Lipinski definition) is 2. The number of thiophene rings is 1. The van der Waals surface area contributed by atoms with E-state index >= 15 is 0 Å². The third kappa shape index (κ3) is 2.68. The fourth-order valence-corrected chi connectivity index (χ4v) is 3.46. The van der Waals surface area contributed by atoms with E-state index in [1.807, 2.05) is 11.4 Å². The molecule has 0 radical (unpaired) electrons. The minimum Gasteiger partial charge on any atom is -0.383 e. The van der Waals surface area contributed by atoms with E-state index in [4.69, 9.17) is 0 Å². The Morgan fingerprint density at radius 3 is 3.00 bits per heavy atom. The van der Waals surface area contributed by atoms with E-state index in [1.54, 1.807) is 24.6 Å². The monoisotopic (exact) mass is 335 g/mol. The molecule has 0 aliphatic carbocycles. The van der Waals surface area contributed by atoms with Crippen molar-refractivity contribution in [3.05, 3.63) is 56.1 Å². The third-order valence-electron chi connectivity index (χ3n) is 3.23. The molecule has 0 spiro atoms. The number of aliphatic hydroxyl groups is 1. The van der Waals surface area contributed by atoms with E-state index in [1.165, 1.54) is 33.3 Å². The first-order valence-corrected chi connectivity index (χ1v) is 8.24. The molecule has 3 rings (SSSR count). The van der Waals surface area contributed by atoms with Crippen LogP contribution in [0.2, 0.25) is 0 Å². The van der Waals surface area contributed by atoms with Crippen LogP contribution in [0.15, 0.2) is 40.1 Å². The van der Waals surface area contributed by atoms with Crippen molar-refractivity contribution in [2.24, 2.45) is 0 Å². The van der Waals surface area contributed by atoms with Crippen LogP contribution in [-0.4, -0.2) is 26.9 Å². The molecular weight excluding hydrogens is 322 g/mol. The van der Waals surface area contributed by atoms with Crippen LogP contribution >= 0.6 is 22.7 Å². The summed E-state index contributed by atoms with van der Waals surface area (Å²) in [6.45, 7) is 1.63. The second-order valence-electron chi connectivity index (χ2n) is 4.97. The lowest BCUT2D eigenvalue weighted by Gasteiger charge is -2.22. The van der Waals surface area contributed by atoms with Crippen molar-refractivity contribution in [3.63, 3.8) is 0 Å². The normalized spacial score (nSPS) is 13.9. The molecule has 1 amide bonds. The second kappa shape index (κ2) is 5.64. The highest BCUT2D eigenvalue weighted by Gasteiger charge is 2.25. The fraction of sp³-hybridized carbons (Fsp3) is 0.214. The highest BCUT2D eigenvalue weighted by atomic mass is 32.1. The van der Waals surface area contributed by atoms with Crippen LogP contribution in [0.5, 0.6) is 0 Å². The second-order valence-corrected chi connectivity index (χ2v) is 6.79. The maximum Gasteiger partial charge on any atom is 0.271 e. The Bertz CT molecular complexity index is 865. The van der Waals surface area contributed by atoms with Crippen LogP contribution in [0.25, 0.3) is 4.96 Å². The lowest BCUT2D eigenvalue weighted by molar-refractivity contribution is 0.0556. The van der Waals surface area contributed by atoms with Gasteiger partial charge in [0.05, 0.1) is 6.54 Å². The van der Waals surface area contributed by atoms with Gasteiger partial charge in [-0.25, -0.2) is 4.98 Å². The van der Waals surface area contributed by atoms with E-state index in [0.29, 0.717) is 4.96 Å². The molecular formula is C14H13N3O3S2. The van der Waals surface area contributed by atoms with E-state index in [-0.39, 0.29) is 12.1 Å². The molecule has 1 atom stereocenters. The van der Waals surface area contributed by atoms with E-state index in [0.717, 1.165) is 4.88 Å². The number of nitrogens with one attached hydrogen (secondary N) is 1. The molecule has 3 aromatic rings. The summed E-state index contributed by atoms with van der Waals surface area (Å²) in [5, 5.41) is 16.6. The molecule has 0 saturated heterocycles. The van der Waals surface area contributed by atoms with Crippen molar-refractivity contribution >= 4 is 33.5 Å². The molecule has 0 aromatic carbocycles. The van der Waals surface area contributed by atoms with Gasteiger partial charge in [0.2, 0.25) is 0 Å². The molecule has 0 saturated carbocycles. The molecule has 2 N–H and O–H groups in total. The smallest absolute Gasteiger partial charge is 0.271 e. The van der Waals surface area contributed by atoms with Crippen molar-refractivity contribution in [2.45, 2.75) is 12.5 Å². The first-order chi connectivity index (χ1) is 10.5. The van der Waals surface area contributed by atoms with Crippen molar-refractivity contribution < 1.29 is 9.90 Å². The number of thiazole rings is 1. The van der Waals surface area contributed by atoms with E-state index in [2.05, 4.69) is 10.3 Å². The predicted molar refractivity (Wildman–Crippen MR) is 85.6 cm³/mol. The first kappa shape index (κ1) is 14.9. The maximum absolute atomic E-state index is 12.2. The molecule has 0 bridgehead atoms. The minimum absolute atomic E-state index is 0.0120. The van der Waals surface area contributed by atoms with Gasteiger partial charge in [0.15, 0.2) is 4.96 Å². The number of amides is 1. The van der Waals surface area contributed by atoms with Crippen LogP contribution < -0.4 is 10.9 Å². The quantitative estimate of drug-likeness (QED) is 0.756. The molecule has 114 valence electrons. The summed E-state index contributed by atoms with van der Waals surface area (Å²) in [4.78, 5) is 29.7. The number of carbonyl (C=O) groups excluding carboxylic acids is 1. The number of aromatic nitrogens is 2. The predicted octanol–water partition coefficient (Wildman–Crippen LogP) is 1.45. The molecule has 1 unspecified atom stereocenters. The van der Waals surface area contributed by atoms with Crippen LogP contribution in [0.1, 0.15) is 22.2 Å². The number of rotatable bonds is 4.